The molecule has 1 aliphatic rings. The number of carboxylic acids is 1. The van der Waals surface area contributed by atoms with Crippen LogP contribution in [-0.4, -0.2) is 40.8 Å². The van der Waals surface area contributed by atoms with Gasteiger partial charge in [-0.15, -0.1) is 0 Å². The van der Waals surface area contributed by atoms with E-state index in [1.54, 1.807) is 0 Å². The van der Waals surface area contributed by atoms with Crippen LogP contribution in [0.3, 0.4) is 0 Å². The first-order chi connectivity index (χ1) is 6.61. The Kier molecular flexibility index (Phi) is 3.71. The molecule has 1 aliphatic heterocycles. The van der Waals surface area contributed by atoms with Crippen molar-refractivity contribution < 1.29 is 15.0 Å². The number of hydrogen-bond donors (Lipinski definition) is 2. The molecule has 0 saturated carbocycles. The van der Waals surface area contributed by atoms with Gasteiger partial charge in [0.15, 0.2) is 0 Å². The molecule has 0 aromatic carbocycles. The maximum absolute atomic E-state index is 10.4. The lowest BCUT2D eigenvalue weighted by molar-refractivity contribution is -0.137. The van der Waals surface area contributed by atoms with Gasteiger partial charge in [-0.25, -0.2) is 0 Å². The average molecular weight is 197 g/mol. The number of aliphatic hydroxyl groups excluding tert-OH is 1. The van der Waals surface area contributed by atoms with Gasteiger partial charge in [0.2, 0.25) is 0 Å². The number of allylic oxidation sites excluding steroid dienone is 2. The summed E-state index contributed by atoms with van der Waals surface area (Å²) in [4.78, 5) is 12.3. The van der Waals surface area contributed by atoms with Gasteiger partial charge < -0.3 is 15.1 Å². The fraction of sp³-hybridized carbons (Fsp3) is 0.500. The van der Waals surface area contributed by atoms with Crippen LogP contribution in [-0.2, 0) is 4.79 Å². The minimum atomic E-state index is -0.795. The Morgan fingerprint density at radius 2 is 2.36 bits per heavy atom. The van der Waals surface area contributed by atoms with E-state index < -0.39 is 5.97 Å². The molecule has 0 fully saturated rings. The molecule has 0 aliphatic carbocycles. The molecule has 78 valence electrons. The second kappa shape index (κ2) is 4.81. The summed E-state index contributed by atoms with van der Waals surface area (Å²) in [6, 6.07) is 0. The number of carboxylic acid groups (broad SMARTS) is 1. The van der Waals surface area contributed by atoms with Crippen LogP contribution in [0.5, 0.6) is 0 Å². The third-order valence-corrected chi connectivity index (χ3v) is 2.04. The van der Waals surface area contributed by atoms with Crippen molar-refractivity contribution >= 4 is 5.97 Å². The summed E-state index contributed by atoms with van der Waals surface area (Å²) in [5.41, 5.74) is 1.97. The Balaban J connectivity index is 2.50. The zero-order valence-corrected chi connectivity index (χ0v) is 8.23. The molecule has 2 N–H and O–H groups in total. The third-order valence-electron chi connectivity index (χ3n) is 2.04. The number of nitrogens with zero attached hydrogens (tertiary/aromatic N) is 1. The largest absolute Gasteiger partial charge is 0.481 e. The molecule has 0 aromatic heterocycles. The normalized spacial score (nSPS) is 16.3. The Hall–Kier alpha value is -1.29. The average Bonchev–Trinajstić information content (AvgIpc) is 2.14. The van der Waals surface area contributed by atoms with Crippen molar-refractivity contribution in [3.8, 4) is 0 Å². The van der Waals surface area contributed by atoms with E-state index in [4.69, 9.17) is 10.2 Å². The molecule has 0 saturated heterocycles. The smallest absolute Gasteiger partial charge is 0.305 e. The minimum Gasteiger partial charge on any atom is -0.481 e. The highest BCUT2D eigenvalue weighted by molar-refractivity contribution is 5.66. The van der Waals surface area contributed by atoms with Crippen molar-refractivity contribution in [3.05, 3.63) is 23.4 Å². The van der Waals surface area contributed by atoms with Gasteiger partial charge in [-0.1, -0.05) is 6.08 Å². The molecule has 0 atom stereocenters. The molecule has 4 nitrogen and oxygen atoms in total. The van der Waals surface area contributed by atoms with Gasteiger partial charge in [-0.05, 0) is 18.1 Å². The zero-order chi connectivity index (χ0) is 10.6. The van der Waals surface area contributed by atoms with E-state index in [9.17, 15) is 4.79 Å². The fourth-order valence-corrected chi connectivity index (χ4v) is 1.48. The summed E-state index contributed by atoms with van der Waals surface area (Å²) in [6.07, 6.45) is 3.97. The topological polar surface area (TPSA) is 60.8 Å². The highest BCUT2D eigenvalue weighted by Crippen LogP contribution is 2.12. The van der Waals surface area contributed by atoms with Crippen molar-refractivity contribution in [2.24, 2.45) is 0 Å². The number of rotatable bonds is 4. The molecule has 0 unspecified atom stereocenters. The van der Waals surface area contributed by atoms with E-state index in [1.807, 2.05) is 24.1 Å². The molecule has 1 rings (SSSR count). The van der Waals surface area contributed by atoms with Gasteiger partial charge in [0.1, 0.15) is 0 Å². The Labute approximate surface area is 83.1 Å². The van der Waals surface area contributed by atoms with Crippen molar-refractivity contribution in [2.45, 2.75) is 13.3 Å². The number of aliphatic carboxylic acids is 1. The molecule has 14 heavy (non-hydrogen) atoms. The maximum atomic E-state index is 10.4. The fourth-order valence-electron chi connectivity index (χ4n) is 1.48. The predicted octanol–water partition coefficient (Wildman–Crippen LogP) is 0.599. The van der Waals surface area contributed by atoms with Gasteiger partial charge >= 0.3 is 5.97 Å². The van der Waals surface area contributed by atoms with Crippen molar-refractivity contribution in [1.82, 2.24) is 4.90 Å². The standard InChI is InChI=1S/C10H15NO3/c1-8-4-9(7-12)6-11(5-8)3-2-10(13)14/h4-5,12H,2-3,6-7H2,1H3,(H,13,14). The summed E-state index contributed by atoms with van der Waals surface area (Å²) in [5.74, 6) is -0.795. The van der Waals surface area contributed by atoms with E-state index in [0.717, 1.165) is 11.1 Å². The van der Waals surface area contributed by atoms with E-state index in [-0.39, 0.29) is 13.0 Å². The van der Waals surface area contributed by atoms with E-state index in [1.165, 1.54) is 0 Å². The first-order valence-corrected chi connectivity index (χ1v) is 4.56. The predicted molar refractivity (Wildman–Crippen MR) is 52.8 cm³/mol. The number of aliphatic hydroxyl groups is 1. The van der Waals surface area contributed by atoms with Crippen LogP contribution in [0.15, 0.2) is 23.4 Å². The van der Waals surface area contributed by atoms with Gasteiger partial charge in [-0.2, -0.15) is 0 Å². The van der Waals surface area contributed by atoms with Crippen LogP contribution in [0, 0.1) is 0 Å². The molecular formula is C10H15NO3. The van der Waals surface area contributed by atoms with Gasteiger partial charge in [0, 0.05) is 19.3 Å². The lowest BCUT2D eigenvalue weighted by atomic mass is 10.1. The molecule has 0 radical (unpaired) electrons. The van der Waals surface area contributed by atoms with Crippen LogP contribution in [0.2, 0.25) is 0 Å². The van der Waals surface area contributed by atoms with Crippen molar-refractivity contribution in [2.75, 3.05) is 19.7 Å². The first-order valence-electron chi connectivity index (χ1n) is 4.56. The second-order valence-electron chi connectivity index (χ2n) is 3.45. The highest BCUT2D eigenvalue weighted by Gasteiger charge is 2.10. The second-order valence-corrected chi connectivity index (χ2v) is 3.45. The Bertz CT molecular complexity index is 281. The van der Waals surface area contributed by atoms with E-state index in [0.29, 0.717) is 13.1 Å². The molecule has 4 heteroatoms. The van der Waals surface area contributed by atoms with Crippen molar-refractivity contribution in [3.63, 3.8) is 0 Å². The minimum absolute atomic E-state index is 0.0365. The van der Waals surface area contributed by atoms with Crippen LogP contribution < -0.4 is 0 Å². The SMILES string of the molecule is CC1=CN(CCC(=O)O)CC(CO)=C1. The molecular weight excluding hydrogens is 182 g/mol. The first kappa shape index (κ1) is 10.8. The van der Waals surface area contributed by atoms with Gasteiger partial charge in [0.25, 0.3) is 0 Å². The molecule has 0 bridgehead atoms. The summed E-state index contributed by atoms with van der Waals surface area (Å²) in [5, 5.41) is 17.5. The van der Waals surface area contributed by atoms with Crippen LogP contribution in [0.1, 0.15) is 13.3 Å². The number of carbonyl (C=O) groups is 1. The van der Waals surface area contributed by atoms with Gasteiger partial charge in [-0.3, -0.25) is 4.79 Å². The van der Waals surface area contributed by atoms with Crippen LogP contribution in [0.25, 0.3) is 0 Å². The lowest BCUT2D eigenvalue weighted by Crippen LogP contribution is -2.26. The molecule has 0 amide bonds. The summed E-state index contributed by atoms with van der Waals surface area (Å²) < 4.78 is 0. The zero-order valence-electron chi connectivity index (χ0n) is 8.23. The molecule has 0 spiro atoms. The quantitative estimate of drug-likeness (QED) is 0.692. The Morgan fingerprint density at radius 3 is 2.93 bits per heavy atom. The molecule has 1 heterocycles. The van der Waals surface area contributed by atoms with E-state index >= 15 is 0 Å². The van der Waals surface area contributed by atoms with Gasteiger partial charge in [0.05, 0.1) is 13.0 Å². The summed E-state index contributed by atoms with van der Waals surface area (Å²) >= 11 is 0. The Morgan fingerprint density at radius 1 is 1.64 bits per heavy atom. The summed E-state index contributed by atoms with van der Waals surface area (Å²) in [7, 11) is 0. The third kappa shape index (κ3) is 3.22. The maximum Gasteiger partial charge on any atom is 0.305 e. The highest BCUT2D eigenvalue weighted by atomic mass is 16.4. The van der Waals surface area contributed by atoms with Crippen LogP contribution in [0.4, 0.5) is 0 Å². The molecule has 0 aromatic rings. The van der Waals surface area contributed by atoms with Crippen molar-refractivity contribution in [1.29, 1.82) is 0 Å². The van der Waals surface area contributed by atoms with Crippen LogP contribution >= 0.6 is 0 Å². The van der Waals surface area contributed by atoms with E-state index in [2.05, 4.69) is 0 Å². The summed E-state index contributed by atoms with van der Waals surface area (Å²) in [6.45, 7) is 3.09. The monoisotopic (exact) mass is 197 g/mol. The lowest BCUT2D eigenvalue weighted by Gasteiger charge is -2.25. The number of hydrogen-bond acceptors (Lipinski definition) is 3.